The zero-order valence-electron chi connectivity index (χ0n) is 12.3. The Morgan fingerprint density at radius 3 is 2.86 bits per heavy atom. The Balaban J connectivity index is 1.86. The molecule has 1 aromatic heterocycles. The summed E-state index contributed by atoms with van der Waals surface area (Å²) in [5.74, 6) is 0.606. The summed E-state index contributed by atoms with van der Waals surface area (Å²) in [7, 11) is 0. The zero-order chi connectivity index (χ0) is 15.1. The molecule has 2 aliphatic rings. The van der Waals surface area contributed by atoms with Gasteiger partial charge in [0.1, 0.15) is 5.78 Å². The van der Waals surface area contributed by atoms with Gasteiger partial charge in [-0.2, -0.15) is 0 Å². The number of benzene rings is 1. The predicted molar refractivity (Wildman–Crippen MR) is 93.3 cm³/mol. The Kier molecular flexibility index (Phi) is 3.59. The van der Waals surface area contributed by atoms with Crippen LogP contribution in [0.4, 0.5) is 5.69 Å². The lowest BCUT2D eigenvalue weighted by atomic mass is 9.83. The SMILES string of the molecule is C[C@H]1C=C2Nc3ccccc3S[C@@H](c3cccs3)[C@@H]2C(=O)C1. The normalized spacial score (nSPS) is 27.2. The van der Waals surface area contributed by atoms with Gasteiger partial charge in [-0.1, -0.05) is 31.2 Å². The lowest BCUT2D eigenvalue weighted by molar-refractivity contribution is -0.122. The van der Waals surface area contributed by atoms with Crippen LogP contribution in [0.1, 0.15) is 23.5 Å². The number of fused-ring (bicyclic) bond motifs is 2. The molecule has 3 atom stereocenters. The van der Waals surface area contributed by atoms with E-state index in [1.807, 2.05) is 17.8 Å². The van der Waals surface area contributed by atoms with E-state index in [1.54, 1.807) is 11.3 Å². The highest BCUT2D eigenvalue weighted by Crippen LogP contribution is 2.51. The molecule has 2 aromatic rings. The second-order valence-corrected chi connectivity index (χ2v) is 8.09. The van der Waals surface area contributed by atoms with E-state index >= 15 is 0 Å². The number of nitrogens with one attached hydrogen (secondary N) is 1. The van der Waals surface area contributed by atoms with E-state index in [9.17, 15) is 4.79 Å². The molecule has 4 heteroatoms. The Morgan fingerprint density at radius 1 is 1.18 bits per heavy atom. The summed E-state index contributed by atoms with van der Waals surface area (Å²) in [6.45, 7) is 2.12. The molecule has 1 N–H and O–H groups in total. The summed E-state index contributed by atoms with van der Waals surface area (Å²) < 4.78 is 0. The largest absolute Gasteiger partial charge is 0.358 e. The van der Waals surface area contributed by atoms with Gasteiger partial charge in [0.15, 0.2) is 0 Å². The fraction of sp³-hybridized carbons (Fsp3) is 0.278. The first kappa shape index (κ1) is 14.1. The van der Waals surface area contributed by atoms with Crippen molar-refractivity contribution < 1.29 is 4.79 Å². The molecule has 0 unspecified atom stereocenters. The van der Waals surface area contributed by atoms with Crippen LogP contribution in [0.15, 0.2) is 58.4 Å². The molecule has 0 bridgehead atoms. The van der Waals surface area contributed by atoms with E-state index in [1.165, 1.54) is 9.77 Å². The zero-order valence-corrected chi connectivity index (χ0v) is 13.9. The van der Waals surface area contributed by atoms with Gasteiger partial charge in [0.2, 0.25) is 0 Å². The highest BCUT2D eigenvalue weighted by molar-refractivity contribution is 7.99. The van der Waals surface area contributed by atoms with Crippen molar-refractivity contribution in [2.75, 3.05) is 5.32 Å². The predicted octanol–water partition coefficient (Wildman–Crippen LogP) is 5.12. The quantitative estimate of drug-likeness (QED) is 0.788. The first-order valence-electron chi connectivity index (χ1n) is 7.53. The van der Waals surface area contributed by atoms with Gasteiger partial charge in [-0.15, -0.1) is 23.1 Å². The van der Waals surface area contributed by atoms with Crippen molar-refractivity contribution in [1.82, 2.24) is 0 Å². The molecule has 1 aliphatic heterocycles. The topological polar surface area (TPSA) is 29.1 Å². The Hall–Kier alpha value is -1.52. The molecule has 0 amide bonds. The summed E-state index contributed by atoms with van der Waals surface area (Å²) >= 11 is 3.56. The molecule has 0 saturated carbocycles. The average molecular weight is 327 g/mol. The van der Waals surface area contributed by atoms with Crippen LogP contribution >= 0.6 is 23.1 Å². The Bertz CT molecular complexity index is 735. The van der Waals surface area contributed by atoms with Gasteiger partial charge in [-0.25, -0.2) is 0 Å². The van der Waals surface area contributed by atoms with Crippen molar-refractivity contribution in [3.8, 4) is 0 Å². The van der Waals surface area contributed by atoms with Gasteiger partial charge in [0, 0.05) is 21.9 Å². The van der Waals surface area contributed by atoms with Crippen molar-refractivity contribution >= 4 is 34.6 Å². The monoisotopic (exact) mass is 327 g/mol. The molecule has 0 fully saturated rings. The molecule has 1 aliphatic carbocycles. The maximum atomic E-state index is 12.8. The van der Waals surface area contributed by atoms with Crippen LogP contribution in [0.25, 0.3) is 0 Å². The van der Waals surface area contributed by atoms with E-state index in [2.05, 4.69) is 54.0 Å². The van der Waals surface area contributed by atoms with Crippen molar-refractivity contribution in [1.29, 1.82) is 0 Å². The summed E-state index contributed by atoms with van der Waals surface area (Å²) in [5, 5.41) is 5.80. The fourth-order valence-corrected chi connectivity index (χ4v) is 5.61. The fourth-order valence-electron chi connectivity index (χ4n) is 3.25. The molecule has 22 heavy (non-hydrogen) atoms. The third kappa shape index (κ3) is 2.40. The highest BCUT2D eigenvalue weighted by atomic mass is 32.2. The van der Waals surface area contributed by atoms with Gasteiger partial charge in [-0.3, -0.25) is 4.79 Å². The highest BCUT2D eigenvalue weighted by Gasteiger charge is 2.39. The minimum atomic E-state index is -0.0627. The second kappa shape index (κ2) is 5.60. The van der Waals surface area contributed by atoms with Crippen molar-refractivity contribution in [3.63, 3.8) is 0 Å². The number of para-hydroxylation sites is 1. The molecule has 2 heterocycles. The number of thiophene rings is 1. The summed E-state index contributed by atoms with van der Waals surface area (Å²) in [6, 6.07) is 12.6. The molecule has 0 radical (unpaired) electrons. The van der Waals surface area contributed by atoms with Crippen molar-refractivity contribution in [2.24, 2.45) is 11.8 Å². The number of allylic oxidation sites excluding steroid dienone is 2. The van der Waals surface area contributed by atoms with Gasteiger partial charge >= 0.3 is 0 Å². The number of hydrogen-bond donors (Lipinski definition) is 1. The van der Waals surface area contributed by atoms with E-state index in [-0.39, 0.29) is 11.2 Å². The maximum Gasteiger partial charge on any atom is 0.143 e. The van der Waals surface area contributed by atoms with Crippen LogP contribution in [-0.2, 0) is 4.79 Å². The summed E-state index contributed by atoms with van der Waals surface area (Å²) in [4.78, 5) is 15.3. The minimum absolute atomic E-state index is 0.0627. The first-order valence-corrected chi connectivity index (χ1v) is 9.29. The van der Waals surface area contributed by atoms with Crippen LogP contribution < -0.4 is 5.32 Å². The van der Waals surface area contributed by atoms with Gasteiger partial charge in [0.05, 0.1) is 16.9 Å². The summed E-state index contributed by atoms with van der Waals surface area (Å²) in [6.07, 6.45) is 2.89. The third-order valence-corrected chi connectivity index (χ3v) is 6.71. The molecule has 0 saturated heterocycles. The molecule has 4 rings (SSSR count). The maximum absolute atomic E-state index is 12.8. The Morgan fingerprint density at radius 2 is 2.05 bits per heavy atom. The number of anilines is 1. The summed E-state index contributed by atoms with van der Waals surface area (Å²) in [5.41, 5.74) is 2.20. The van der Waals surface area contributed by atoms with Crippen LogP contribution in [0.5, 0.6) is 0 Å². The lowest BCUT2D eigenvalue weighted by Crippen LogP contribution is -2.30. The Labute approximate surface area is 138 Å². The standard InChI is InChI=1S/C18H17NOS2/c1-11-9-13-17(14(20)10-11)18(16-7-4-8-21-16)22-15-6-3-2-5-12(15)19-13/h2-9,11,17-19H,10H2,1H3/t11-,17-,18-/m0/s1. The van der Waals surface area contributed by atoms with Gasteiger partial charge in [-0.05, 0) is 29.5 Å². The number of hydrogen-bond acceptors (Lipinski definition) is 4. The van der Waals surface area contributed by atoms with E-state index in [0.717, 1.165) is 11.4 Å². The van der Waals surface area contributed by atoms with Crippen LogP contribution in [0.2, 0.25) is 0 Å². The minimum Gasteiger partial charge on any atom is -0.358 e. The first-order chi connectivity index (χ1) is 10.7. The van der Waals surface area contributed by atoms with E-state index < -0.39 is 0 Å². The number of ketones is 1. The number of carbonyl (C=O) groups is 1. The van der Waals surface area contributed by atoms with E-state index in [4.69, 9.17) is 0 Å². The van der Waals surface area contributed by atoms with E-state index in [0.29, 0.717) is 18.1 Å². The smallest absolute Gasteiger partial charge is 0.143 e. The average Bonchev–Trinajstić information content (AvgIpc) is 2.95. The second-order valence-electron chi connectivity index (χ2n) is 5.92. The van der Waals surface area contributed by atoms with Crippen molar-refractivity contribution in [3.05, 3.63) is 58.4 Å². The van der Waals surface area contributed by atoms with Gasteiger partial charge in [0.25, 0.3) is 0 Å². The molecule has 112 valence electrons. The molecule has 0 spiro atoms. The number of carbonyl (C=O) groups excluding carboxylic acids is 1. The number of thioether (sulfide) groups is 1. The molecule has 1 aromatic carbocycles. The van der Waals surface area contributed by atoms with Crippen LogP contribution in [-0.4, -0.2) is 5.78 Å². The van der Waals surface area contributed by atoms with Crippen molar-refractivity contribution in [2.45, 2.75) is 23.5 Å². The third-order valence-electron chi connectivity index (χ3n) is 4.22. The van der Waals surface area contributed by atoms with Crippen LogP contribution in [0, 0.1) is 11.8 Å². The lowest BCUT2D eigenvalue weighted by Gasteiger charge is -2.29. The molecule has 2 nitrogen and oxygen atoms in total. The molecular formula is C18H17NOS2. The van der Waals surface area contributed by atoms with Crippen LogP contribution in [0.3, 0.4) is 0 Å². The number of Topliss-reactive ketones (excluding diaryl/α,β-unsaturated/α-hetero) is 1. The van der Waals surface area contributed by atoms with Gasteiger partial charge < -0.3 is 5.32 Å². The number of rotatable bonds is 1. The molecular weight excluding hydrogens is 310 g/mol.